The molecule has 7 nitrogen and oxygen atoms in total. The number of hydrogen-bond acceptors (Lipinski definition) is 5. The van der Waals surface area contributed by atoms with Gasteiger partial charge in [0.15, 0.2) is 0 Å². The average molecular weight is 579 g/mol. The van der Waals surface area contributed by atoms with Crippen molar-refractivity contribution in [2.24, 2.45) is 5.41 Å². The molecule has 5 aromatic rings. The Morgan fingerprint density at radius 1 is 1.07 bits per heavy atom. The second kappa shape index (κ2) is 10.8. The lowest BCUT2D eigenvalue weighted by atomic mass is 9.91. The maximum absolute atomic E-state index is 13.8. The van der Waals surface area contributed by atoms with Crippen LogP contribution in [0.1, 0.15) is 44.7 Å². The molecule has 1 unspecified atom stereocenters. The number of anilines is 1. The van der Waals surface area contributed by atoms with E-state index >= 15 is 0 Å². The Labute approximate surface area is 249 Å². The summed E-state index contributed by atoms with van der Waals surface area (Å²) < 4.78 is 1.12. The lowest BCUT2D eigenvalue weighted by molar-refractivity contribution is -0.139. The summed E-state index contributed by atoms with van der Waals surface area (Å²) in [6.07, 6.45) is 2.80. The fraction of sp³-hybridized carbons (Fsp3) is 0.294. The molecule has 3 heterocycles. The molecule has 0 spiro atoms. The van der Waals surface area contributed by atoms with E-state index in [1.165, 1.54) is 10.5 Å². The van der Waals surface area contributed by atoms with E-state index in [0.29, 0.717) is 18.7 Å². The number of aromatic nitrogens is 2. The van der Waals surface area contributed by atoms with E-state index in [9.17, 15) is 14.4 Å². The number of aromatic amines is 1. The number of H-pyrrole nitrogens is 1. The second-order valence-corrected chi connectivity index (χ2v) is 13.3. The lowest BCUT2D eigenvalue weighted by Crippen LogP contribution is -2.47. The monoisotopic (exact) mass is 578 g/mol. The van der Waals surface area contributed by atoms with E-state index in [4.69, 9.17) is 4.98 Å². The van der Waals surface area contributed by atoms with Crippen molar-refractivity contribution in [3.8, 4) is 10.6 Å². The molecule has 0 aliphatic carbocycles. The molecule has 1 fully saturated rings. The predicted octanol–water partition coefficient (Wildman–Crippen LogP) is 6.89. The van der Waals surface area contributed by atoms with E-state index in [2.05, 4.69) is 18.0 Å². The van der Waals surface area contributed by atoms with E-state index in [1.54, 1.807) is 28.4 Å². The van der Waals surface area contributed by atoms with Gasteiger partial charge in [0.1, 0.15) is 11.0 Å². The molecule has 1 saturated heterocycles. The van der Waals surface area contributed by atoms with Crippen LogP contribution in [-0.2, 0) is 20.8 Å². The van der Waals surface area contributed by atoms with Crippen LogP contribution in [0.2, 0.25) is 0 Å². The summed E-state index contributed by atoms with van der Waals surface area (Å²) in [6.45, 7) is 8.43. The Bertz CT molecular complexity index is 1810. The molecule has 0 bridgehead atoms. The van der Waals surface area contributed by atoms with Crippen LogP contribution in [0.5, 0.6) is 0 Å². The molecule has 1 aliphatic rings. The first-order valence-corrected chi connectivity index (χ1v) is 15.1. The van der Waals surface area contributed by atoms with E-state index in [-0.39, 0.29) is 36.0 Å². The fourth-order valence-electron chi connectivity index (χ4n) is 5.63. The average Bonchev–Trinajstić information content (AvgIpc) is 3.63. The number of hydrogen-bond donors (Lipinski definition) is 1. The maximum atomic E-state index is 13.8. The van der Waals surface area contributed by atoms with Crippen molar-refractivity contribution in [1.82, 2.24) is 14.9 Å². The first kappa shape index (κ1) is 27.8. The van der Waals surface area contributed by atoms with Crippen LogP contribution in [0.3, 0.4) is 0 Å². The highest BCUT2D eigenvalue weighted by Crippen LogP contribution is 2.34. The van der Waals surface area contributed by atoms with Crippen LogP contribution in [-0.4, -0.2) is 45.2 Å². The number of thiazole rings is 1. The van der Waals surface area contributed by atoms with E-state index < -0.39 is 6.04 Å². The van der Waals surface area contributed by atoms with Crippen molar-refractivity contribution >= 4 is 55.9 Å². The fourth-order valence-corrected chi connectivity index (χ4v) is 6.70. The summed E-state index contributed by atoms with van der Waals surface area (Å²) in [5.41, 5.74) is 5.42. The van der Waals surface area contributed by atoms with Gasteiger partial charge in [0.25, 0.3) is 5.91 Å². The zero-order chi connectivity index (χ0) is 29.6. The van der Waals surface area contributed by atoms with Crippen LogP contribution in [0.25, 0.3) is 31.7 Å². The SMILES string of the molecule is Cc1ccc2nc(-c3ccc(N4C(=O)CC(N(CCc5c[nH]c6ccccc56)C(=O)CC(C)(C)C)C4=O)cc3)sc2c1. The third-order valence-electron chi connectivity index (χ3n) is 7.71. The number of para-hydroxylation sites is 1. The minimum absolute atomic E-state index is 0.0262. The number of rotatable bonds is 7. The van der Waals surface area contributed by atoms with Crippen molar-refractivity contribution in [2.45, 2.75) is 53.0 Å². The smallest absolute Gasteiger partial charge is 0.257 e. The number of nitrogens with one attached hydrogen (secondary N) is 1. The van der Waals surface area contributed by atoms with Crippen molar-refractivity contribution < 1.29 is 14.4 Å². The highest BCUT2D eigenvalue weighted by molar-refractivity contribution is 7.21. The molecule has 214 valence electrons. The summed E-state index contributed by atoms with van der Waals surface area (Å²) in [4.78, 5) is 51.6. The van der Waals surface area contributed by atoms with Gasteiger partial charge >= 0.3 is 0 Å². The van der Waals surface area contributed by atoms with Crippen molar-refractivity contribution in [1.29, 1.82) is 0 Å². The Balaban J connectivity index is 1.24. The first-order chi connectivity index (χ1) is 20.1. The Hall–Kier alpha value is -4.30. The number of fused-ring (bicyclic) bond motifs is 2. The third kappa shape index (κ3) is 5.46. The van der Waals surface area contributed by atoms with Crippen LogP contribution < -0.4 is 4.90 Å². The van der Waals surface area contributed by atoms with Gasteiger partial charge < -0.3 is 9.88 Å². The van der Waals surface area contributed by atoms with Crippen LogP contribution in [0.4, 0.5) is 5.69 Å². The van der Waals surface area contributed by atoms with Crippen molar-refractivity contribution in [3.63, 3.8) is 0 Å². The largest absolute Gasteiger partial charge is 0.361 e. The topological polar surface area (TPSA) is 86.4 Å². The predicted molar refractivity (Wildman–Crippen MR) is 168 cm³/mol. The summed E-state index contributed by atoms with van der Waals surface area (Å²) in [5, 5.41) is 1.98. The van der Waals surface area contributed by atoms with Crippen LogP contribution in [0.15, 0.2) is 72.9 Å². The number of imide groups is 1. The molecule has 3 amide bonds. The summed E-state index contributed by atoms with van der Waals surface area (Å²) in [7, 11) is 0. The van der Waals surface area contributed by atoms with Gasteiger partial charge in [-0.1, -0.05) is 45.0 Å². The highest BCUT2D eigenvalue weighted by Gasteiger charge is 2.44. The van der Waals surface area contributed by atoms with Crippen LogP contribution >= 0.6 is 11.3 Å². The van der Waals surface area contributed by atoms with Gasteiger partial charge in [-0.25, -0.2) is 9.88 Å². The standard InChI is InChI=1S/C34H34N4O3S/c1-21-9-14-27-29(17-21)42-32(36-27)22-10-12-24(13-11-22)38-30(39)18-28(33(38)41)37(31(40)19-34(2,3)4)16-15-23-20-35-26-8-6-5-7-25(23)26/h5-14,17,20,28,35H,15-16,18-19H2,1-4H3. The molecule has 6 rings (SSSR count). The molecule has 42 heavy (non-hydrogen) atoms. The van der Waals surface area contributed by atoms with E-state index in [1.807, 2.05) is 75.5 Å². The molecule has 0 radical (unpaired) electrons. The van der Waals surface area contributed by atoms with Gasteiger partial charge in [-0.3, -0.25) is 14.4 Å². The lowest BCUT2D eigenvalue weighted by Gasteiger charge is -2.30. The molecule has 8 heteroatoms. The summed E-state index contributed by atoms with van der Waals surface area (Å²) in [6, 6.07) is 20.8. The Morgan fingerprint density at radius 3 is 2.60 bits per heavy atom. The van der Waals surface area contributed by atoms with E-state index in [0.717, 1.165) is 37.3 Å². The summed E-state index contributed by atoms with van der Waals surface area (Å²) >= 11 is 1.62. The third-order valence-corrected chi connectivity index (χ3v) is 8.78. The second-order valence-electron chi connectivity index (χ2n) is 12.3. The van der Waals surface area contributed by atoms with Crippen LogP contribution in [0, 0.1) is 12.3 Å². The molecule has 2 aromatic heterocycles. The molecule has 1 N–H and O–H groups in total. The molecular formula is C34H34N4O3S. The quantitative estimate of drug-likeness (QED) is 0.213. The molecule has 3 aromatic carbocycles. The highest BCUT2D eigenvalue weighted by atomic mass is 32.1. The van der Waals surface area contributed by atoms with Gasteiger partial charge in [-0.05, 0) is 72.4 Å². The zero-order valence-corrected chi connectivity index (χ0v) is 25.1. The van der Waals surface area contributed by atoms with Crippen molar-refractivity contribution in [3.05, 3.63) is 84.1 Å². The molecule has 0 saturated carbocycles. The Kier molecular flexibility index (Phi) is 7.19. The number of nitrogens with zero attached hydrogens (tertiary/aromatic N) is 3. The number of amides is 3. The molecule has 1 atom stereocenters. The number of carbonyl (C=O) groups excluding carboxylic acids is 3. The zero-order valence-electron chi connectivity index (χ0n) is 24.3. The van der Waals surface area contributed by atoms with Crippen molar-refractivity contribution in [2.75, 3.05) is 11.4 Å². The number of benzene rings is 3. The van der Waals surface area contributed by atoms with Gasteiger partial charge in [0, 0.05) is 35.6 Å². The summed E-state index contributed by atoms with van der Waals surface area (Å²) in [5.74, 6) is -0.768. The minimum Gasteiger partial charge on any atom is -0.361 e. The van der Waals surface area contributed by atoms with Gasteiger partial charge in [0.2, 0.25) is 11.8 Å². The Morgan fingerprint density at radius 2 is 1.83 bits per heavy atom. The number of carbonyl (C=O) groups is 3. The number of aryl methyl sites for hydroxylation is 1. The first-order valence-electron chi connectivity index (χ1n) is 14.3. The molecular weight excluding hydrogens is 544 g/mol. The van der Waals surface area contributed by atoms with Gasteiger partial charge in [0.05, 0.1) is 22.3 Å². The molecule has 1 aliphatic heterocycles. The minimum atomic E-state index is -0.829. The van der Waals surface area contributed by atoms with Gasteiger partial charge in [-0.2, -0.15) is 0 Å². The van der Waals surface area contributed by atoms with Gasteiger partial charge in [-0.15, -0.1) is 11.3 Å². The normalized spacial score (nSPS) is 15.7. The maximum Gasteiger partial charge on any atom is 0.257 e.